The molecule has 0 aromatic heterocycles. The van der Waals surface area contributed by atoms with Crippen molar-refractivity contribution in [2.45, 2.75) is 31.9 Å². The second kappa shape index (κ2) is 8.90. The average molecular weight is 437 g/mol. The predicted molar refractivity (Wildman–Crippen MR) is 117 cm³/mol. The van der Waals surface area contributed by atoms with E-state index < -0.39 is 17.5 Å². The van der Waals surface area contributed by atoms with Crippen LogP contribution in [0.15, 0.2) is 54.6 Å². The molecule has 2 aromatic carbocycles. The van der Waals surface area contributed by atoms with Crippen molar-refractivity contribution in [3.8, 4) is 11.5 Å². The third-order valence-electron chi connectivity index (χ3n) is 5.99. The Balaban J connectivity index is 1.44. The maximum absolute atomic E-state index is 13.3. The van der Waals surface area contributed by atoms with E-state index in [1.54, 1.807) is 4.90 Å². The van der Waals surface area contributed by atoms with Crippen LogP contribution in [0.2, 0.25) is 0 Å². The number of nitrogens with zero attached hydrogens (tertiary/aromatic N) is 2. The topological polar surface area (TPSA) is 88.2 Å². The van der Waals surface area contributed by atoms with Crippen LogP contribution in [0, 0.1) is 0 Å². The molecule has 0 unspecified atom stereocenters. The van der Waals surface area contributed by atoms with Gasteiger partial charge in [-0.3, -0.25) is 14.5 Å². The van der Waals surface area contributed by atoms with E-state index in [2.05, 4.69) is 5.32 Å². The van der Waals surface area contributed by atoms with E-state index in [1.165, 1.54) is 0 Å². The molecular weight excluding hydrogens is 410 g/mol. The molecule has 8 nitrogen and oxygen atoms in total. The maximum atomic E-state index is 13.3. The molecule has 8 heteroatoms. The Hall–Kier alpha value is -3.55. The number of hydrogen-bond acceptors (Lipinski definition) is 5. The number of ether oxygens (including phenoxy) is 2. The summed E-state index contributed by atoms with van der Waals surface area (Å²) in [7, 11) is 0. The average Bonchev–Trinajstić information content (AvgIpc) is 3.08. The minimum Gasteiger partial charge on any atom is -0.486 e. The standard InChI is InChI=1S/C24H27N3O5/c1-3-24(17-10-6-5-7-11-17)22(29)27(23(30)25-24)15-21(28)26(4-2)14-18-16-31-19-12-8-9-13-20(19)32-18/h5-13,18H,3-4,14-16H2,1-2H3,(H,25,30)/t18-,24-/m1/s1. The molecule has 1 saturated heterocycles. The van der Waals surface area contributed by atoms with Gasteiger partial charge < -0.3 is 19.7 Å². The lowest BCUT2D eigenvalue weighted by Gasteiger charge is -2.31. The molecule has 2 heterocycles. The van der Waals surface area contributed by atoms with Crippen LogP contribution < -0.4 is 14.8 Å². The van der Waals surface area contributed by atoms with Crippen LogP contribution in [0.1, 0.15) is 25.8 Å². The second-order valence-electron chi connectivity index (χ2n) is 7.88. The van der Waals surface area contributed by atoms with Crippen molar-refractivity contribution in [1.29, 1.82) is 0 Å². The van der Waals surface area contributed by atoms with Crippen molar-refractivity contribution >= 4 is 17.8 Å². The molecule has 4 amide bonds. The Kier molecular flexibility index (Phi) is 6.03. The summed E-state index contributed by atoms with van der Waals surface area (Å²) in [5, 5.41) is 2.81. The molecule has 0 spiro atoms. The highest BCUT2D eigenvalue weighted by Gasteiger charge is 2.51. The number of para-hydroxylation sites is 2. The smallest absolute Gasteiger partial charge is 0.325 e. The number of urea groups is 1. The summed E-state index contributed by atoms with van der Waals surface area (Å²) in [6.07, 6.45) is 0.0483. The van der Waals surface area contributed by atoms with Gasteiger partial charge in [-0.05, 0) is 31.0 Å². The summed E-state index contributed by atoms with van der Waals surface area (Å²) in [5.74, 6) is 0.580. The Morgan fingerprint density at radius 1 is 1.09 bits per heavy atom. The van der Waals surface area contributed by atoms with Gasteiger partial charge in [-0.25, -0.2) is 4.79 Å². The van der Waals surface area contributed by atoms with Crippen LogP contribution in [0.5, 0.6) is 11.5 Å². The molecule has 2 atom stereocenters. The maximum Gasteiger partial charge on any atom is 0.325 e. The van der Waals surface area contributed by atoms with Crippen LogP contribution in [0.25, 0.3) is 0 Å². The van der Waals surface area contributed by atoms with Gasteiger partial charge in [0.2, 0.25) is 5.91 Å². The Labute approximate surface area is 187 Å². The highest BCUT2D eigenvalue weighted by Crippen LogP contribution is 2.33. The first kappa shape index (κ1) is 21.7. The minimum atomic E-state index is -1.15. The lowest BCUT2D eigenvalue weighted by atomic mass is 9.87. The van der Waals surface area contributed by atoms with Gasteiger partial charge in [-0.1, -0.05) is 49.4 Å². The highest BCUT2D eigenvalue weighted by molar-refractivity contribution is 6.09. The first-order chi connectivity index (χ1) is 15.5. The normalized spacial score (nSPS) is 21.9. The van der Waals surface area contributed by atoms with Crippen molar-refractivity contribution in [2.75, 3.05) is 26.2 Å². The predicted octanol–water partition coefficient (Wildman–Crippen LogP) is 2.53. The third kappa shape index (κ3) is 3.88. The van der Waals surface area contributed by atoms with Crippen molar-refractivity contribution < 1.29 is 23.9 Å². The summed E-state index contributed by atoms with van der Waals surface area (Å²) >= 11 is 0. The fraction of sp³-hybridized carbons (Fsp3) is 0.375. The summed E-state index contributed by atoms with van der Waals surface area (Å²) in [5.41, 5.74) is -0.450. The number of imide groups is 1. The number of benzene rings is 2. The molecule has 4 rings (SSSR count). The minimum absolute atomic E-state index is 0.297. The first-order valence-electron chi connectivity index (χ1n) is 10.8. The van der Waals surface area contributed by atoms with E-state index in [-0.39, 0.29) is 18.6 Å². The zero-order valence-corrected chi connectivity index (χ0v) is 18.2. The molecule has 0 saturated carbocycles. The quantitative estimate of drug-likeness (QED) is 0.673. The Morgan fingerprint density at radius 2 is 1.78 bits per heavy atom. The van der Waals surface area contributed by atoms with Gasteiger partial charge >= 0.3 is 6.03 Å². The highest BCUT2D eigenvalue weighted by atomic mass is 16.6. The molecule has 1 fully saturated rings. The third-order valence-corrected chi connectivity index (χ3v) is 5.99. The number of fused-ring (bicyclic) bond motifs is 1. The van der Waals surface area contributed by atoms with Crippen LogP contribution in [0.3, 0.4) is 0 Å². The summed E-state index contributed by atoms with van der Waals surface area (Å²) in [4.78, 5) is 41.6. The summed E-state index contributed by atoms with van der Waals surface area (Å²) in [6.45, 7) is 4.40. The van der Waals surface area contributed by atoms with Crippen molar-refractivity contribution in [1.82, 2.24) is 15.1 Å². The molecule has 0 bridgehead atoms. The first-order valence-corrected chi connectivity index (χ1v) is 10.8. The van der Waals surface area contributed by atoms with Crippen LogP contribution in [-0.2, 0) is 15.1 Å². The summed E-state index contributed by atoms with van der Waals surface area (Å²) < 4.78 is 11.7. The van der Waals surface area contributed by atoms with E-state index in [9.17, 15) is 14.4 Å². The number of nitrogens with one attached hydrogen (secondary N) is 1. The Morgan fingerprint density at radius 3 is 2.47 bits per heavy atom. The van der Waals surface area contributed by atoms with E-state index >= 15 is 0 Å². The molecule has 32 heavy (non-hydrogen) atoms. The molecular formula is C24H27N3O5. The SMILES string of the molecule is CCN(C[C@@H]1COc2ccccc2O1)C(=O)CN1C(=O)N[C@](CC)(c2ccccc2)C1=O. The van der Waals surface area contributed by atoms with Crippen LogP contribution >= 0.6 is 0 Å². The molecule has 0 radical (unpaired) electrons. The molecule has 2 aliphatic rings. The fourth-order valence-corrected chi connectivity index (χ4v) is 4.17. The number of carbonyl (C=O) groups excluding carboxylic acids is 3. The van der Waals surface area contributed by atoms with Gasteiger partial charge in [0.1, 0.15) is 18.7 Å². The number of hydrogen-bond donors (Lipinski definition) is 1. The van der Waals surface area contributed by atoms with E-state index in [1.807, 2.05) is 68.4 Å². The second-order valence-corrected chi connectivity index (χ2v) is 7.88. The molecule has 168 valence electrons. The van der Waals surface area contributed by atoms with Crippen LogP contribution in [-0.4, -0.2) is 60.0 Å². The largest absolute Gasteiger partial charge is 0.486 e. The van der Waals surface area contributed by atoms with Crippen molar-refractivity contribution in [2.24, 2.45) is 0 Å². The zero-order chi connectivity index (χ0) is 22.7. The number of likely N-dealkylation sites (N-methyl/N-ethyl adjacent to an activating group) is 1. The van der Waals surface area contributed by atoms with Gasteiger partial charge in [-0.2, -0.15) is 0 Å². The lowest BCUT2D eigenvalue weighted by molar-refractivity contribution is -0.140. The molecule has 2 aromatic rings. The number of amides is 4. The van der Waals surface area contributed by atoms with Gasteiger partial charge in [0.25, 0.3) is 5.91 Å². The molecule has 1 N–H and O–H groups in total. The van der Waals surface area contributed by atoms with Crippen molar-refractivity contribution in [3.05, 3.63) is 60.2 Å². The lowest BCUT2D eigenvalue weighted by Crippen LogP contribution is -2.48. The molecule has 2 aliphatic heterocycles. The Bertz CT molecular complexity index is 1010. The van der Waals surface area contributed by atoms with Gasteiger partial charge in [0, 0.05) is 6.54 Å². The molecule has 0 aliphatic carbocycles. The fourth-order valence-electron chi connectivity index (χ4n) is 4.17. The monoisotopic (exact) mass is 437 g/mol. The van der Waals surface area contributed by atoms with E-state index in [4.69, 9.17) is 9.47 Å². The van der Waals surface area contributed by atoms with Crippen LogP contribution in [0.4, 0.5) is 4.79 Å². The number of carbonyl (C=O) groups is 3. The number of rotatable bonds is 7. The van der Waals surface area contributed by atoms with E-state index in [0.717, 1.165) is 4.90 Å². The van der Waals surface area contributed by atoms with Crippen molar-refractivity contribution in [3.63, 3.8) is 0 Å². The van der Waals surface area contributed by atoms with Gasteiger partial charge in [-0.15, -0.1) is 0 Å². The van der Waals surface area contributed by atoms with Gasteiger partial charge in [0.15, 0.2) is 17.6 Å². The van der Waals surface area contributed by atoms with E-state index in [0.29, 0.717) is 43.2 Å². The zero-order valence-electron chi connectivity index (χ0n) is 18.2. The van der Waals surface area contributed by atoms with Gasteiger partial charge in [0.05, 0.1) is 6.54 Å². The summed E-state index contributed by atoms with van der Waals surface area (Å²) in [6, 6.07) is 15.9.